The van der Waals surface area contributed by atoms with Crippen LogP contribution in [0.15, 0.2) is 60.4 Å². The Morgan fingerprint density at radius 3 is 2.53 bits per heavy atom. The molecule has 0 saturated heterocycles. The molecule has 3 aromatic rings. The third-order valence-electron chi connectivity index (χ3n) is 6.32. The summed E-state index contributed by atoms with van der Waals surface area (Å²) in [5.74, 6) is 3.13. The molecule has 0 radical (unpaired) electrons. The third-order valence-corrected chi connectivity index (χ3v) is 6.32. The van der Waals surface area contributed by atoms with E-state index in [1.54, 1.807) is 20.3 Å². The van der Waals surface area contributed by atoms with E-state index in [9.17, 15) is 4.79 Å². The van der Waals surface area contributed by atoms with E-state index in [2.05, 4.69) is 11.0 Å². The molecule has 2 aliphatic rings. The lowest BCUT2D eigenvalue weighted by Crippen LogP contribution is -2.34. The highest BCUT2D eigenvalue weighted by atomic mass is 16.5. The van der Waals surface area contributed by atoms with Crippen molar-refractivity contribution >= 4 is 11.9 Å². The maximum absolute atomic E-state index is 13.2. The Balaban J connectivity index is 1.37. The summed E-state index contributed by atoms with van der Waals surface area (Å²) < 4.78 is 23.0. The molecule has 2 heterocycles. The SMILES string of the molecule is COc1ccccc1/C=C1\Oc2c(cc3c(c2C)OCN(CCc2ccccc2OC)C3)C1=O. The quantitative estimate of drug-likeness (QED) is 0.485. The van der Waals surface area contributed by atoms with Gasteiger partial charge in [0.05, 0.1) is 19.8 Å². The lowest BCUT2D eigenvalue weighted by atomic mass is 9.99. The smallest absolute Gasteiger partial charge is 0.231 e. The van der Waals surface area contributed by atoms with Gasteiger partial charge in [0.1, 0.15) is 29.7 Å². The molecule has 0 atom stereocenters. The number of allylic oxidation sites excluding steroid dienone is 1. The fraction of sp³-hybridized carbons (Fsp3) is 0.250. The molecule has 2 aliphatic heterocycles. The van der Waals surface area contributed by atoms with Gasteiger partial charge < -0.3 is 18.9 Å². The van der Waals surface area contributed by atoms with Crippen LogP contribution in [0, 0.1) is 6.92 Å². The van der Waals surface area contributed by atoms with E-state index in [0.29, 0.717) is 30.3 Å². The number of hydrogen-bond donors (Lipinski definition) is 0. The minimum absolute atomic E-state index is 0.127. The van der Waals surface area contributed by atoms with Crippen molar-refractivity contribution in [3.63, 3.8) is 0 Å². The van der Waals surface area contributed by atoms with Crippen molar-refractivity contribution in [2.45, 2.75) is 19.9 Å². The number of rotatable bonds is 6. The normalized spacial score (nSPS) is 16.0. The van der Waals surface area contributed by atoms with E-state index in [1.807, 2.05) is 55.5 Å². The van der Waals surface area contributed by atoms with Gasteiger partial charge in [0.15, 0.2) is 5.76 Å². The highest BCUT2D eigenvalue weighted by Gasteiger charge is 2.33. The molecule has 0 aromatic heterocycles. The topological polar surface area (TPSA) is 57.2 Å². The monoisotopic (exact) mass is 457 g/mol. The van der Waals surface area contributed by atoms with Gasteiger partial charge in [-0.1, -0.05) is 36.4 Å². The molecular weight excluding hydrogens is 430 g/mol. The van der Waals surface area contributed by atoms with E-state index in [0.717, 1.165) is 46.7 Å². The molecule has 0 N–H and O–H groups in total. The summed E-state index contributed by atoms with van der Waals surface area (Å²) in [6, 6.07) is 17.5. The van der Waals surface area contributed by atoms with Crippen molar-refractivity contribution < 1.29 is 23.7 Å². The molecule has 174 valence electrons. The van der Waals surface area contributed by atoms with E-state index < -0.39 is 0 Å². The summed E-state index contributed by atoms with van der Waals surface area (Å²) in [5.41, 5.74) is 4.39. The van der Waals surface area contributed by atoms with E-state index in [-0.39, 0.29) is 11.5 Å². The van der Waals surface area contributed by atoms with Crippen LogP contribution in [-0.4, -0.2) is 38.2 Å². The lowest BCUT2D eigenvalue weighted by molar-refractivity contribution is 0.0952. The fourth-order valence-electron chi connectivity index (χ4n) is 4.55. The van der Waals surface area contributed by atoms with Gasteiger partial charge >= 0.3 is 0 Å². The van der Waals surface area contributed by atoms with Gasteiger partial charge in [0.2, 0.25) is 5.78 Å². The van der Waals surface area contributed by atoms with Gasteiger partial charge in [-0.05, 0) is 43.2 Å². The molecule has 6 heteroatoms. The van der Waals surface area contributed by atoms with Crippen LogP contribution < -0.4 is 18.9 Å². The van der Waals surface area contributed by atoms with Crippen molar-refractivity contribution in [1.82, 2.24) is 4.90 Å². The van der Waals surface area contributed by atoms with E-state index >= 15 is 0 Å². The molecule has 3 aromatic carbocycles. The number of para-hydroxylation sites is 2. The van der Waals surface area contributed by atoms with Crippen molar-refractivity contribution in [1.29, 1.82) is 0 Å². The summed E-state index contributed by atoms with van der Waals surface area (Å²) in [4.78, 5) is 15.4. The molecule has 0 fully saturated rings. The van der Waals surface area contributed by atoms with Crippen LogP contribution in [0.4, 0.5) is 0 Å². The molecule has 0 bridgehead atoms. The summed E-state index contributed by atoms with van der Waals surface area (Å²) in [6.45, 7) is 3.96. The Bertz CT molecular complexity index is 1280. The molecule has 0 unspecified atom stereocenters. The molecule has 0 saturated carbocycles. The van der Waals surface area contributed by atoms with Gasteiger partial charge in [-0.2, -0.15) is 0 Å². The third kappa shape index (κ3) is 4.01. The number of fused-ring (bicyclic) bond motifs is 2. The number of ketones is 1. The largest absolute Gasteiger partial charge is 0.496 e. The first-order chi connectivity index (χ1) is 16.6. The predicted molar refractivity (Wildman–Crippen MR) is 130 cm³/mol. The van der Waals surface area contributed by atoms with Crippen molar-refractivity contribution in [3.05, 3.63) is 88.2 Å². The fourth-order valence-corrected chi connectivity index (χ4v) is 4.55. The predicted octanol–water partition coefficient (Wildman–Crippen LogP) is 5.02. The Morgan fingerprint density at radius 1 is 1.00 bits per heavy atom. The number of carbonyl (C=O) groups excluding carboxylic acids is 1. The molecule has 0 aliphatic carbocycles. The number of nitrogens with zero attached hydrogens (tertiary/aromatic N) is 1. The zero-order valence-corrected chi connectivity index (χ0v) is 19.6. The van der Waals surface area contributed by atoms with Gasteiger partial charge in [0.25, 0.3) is 0 Å². The zero-order valence-electron chi connectivity index (χ0n) is 19.6. The van der Waals surface area contributed by atoms with Crippen molar-refractivity contribution in [2.75, 3.05) is 27.5 Å². The first kappa shape index (κ1) is 22.0. The average Bonchev–Trinajstić information content (AvgIpc) is 3.18. The van der Waals surface area contributed by atoms with Crippen LogP contribution in [0.25, 0.3) is 6.08 Å². The van der Waals surface area contributed by atoms with Gasteiger partial charge in [-0.15, -0.1) is 0 Å². The first-order valence-electron chi connectivity index (χ1n) is 11.3. The molecule has 5 rings (SSSR count). The number of Topliss-reactive ketones (excluding diaryl/α,β-unsaturated/α-hetero) is 1. The van der Waals surface area contributed by atoms with Gasteiger partial charge in [-0.3, -0.25) is 9.69 Å². The van der Waals surface area contributed by atoms with Crippen LogP contribution in [-0.2, 0) is 13.0 Å². The molecule has 0 spiro atoms. The van der Waals surface area contributed by atoms with E-state index in [1.165, 1.54) is 0 Å². The van der Waals surface area contributed by atoms with Crippen molar-refractivity contribution in [3.8, 4) is 23.0 Å². The maximum atomic E-state index is 13.2. The summed E-state index contributed by atoms with van der Waals surface area (Å²) >= 11 is 0. The molecular formula is C28H27NO5. The van der Waals surface area contributed by atoms with Gasteiger partial charge in [0, 0.05) is 29.8 Å². The Labute approximate surface area is 199 Å². The Morgan fingerprint density at radius 2 is 1.74 bits per heavy atom. The number of carbonyl (C=O) groups is 1. The minimum Gasteiger partial charge on any atom is -0.496 e. The second kappa shape index (κ2) is 9.23. The summed E-state index contributed by atoms with van der Waals surface area (Å²) in [5, 5.41) is 0. The second-order valence-electron chi connectivity index (χ2n) is 8.44. The highest BCUT2D eigenvalue weighted by Crippen LogP contribution is 2.43. The van der Waals surface area contributed by atoms with Crippen molar-refractivity contribution in [2.24, 2.45) is 0 Å². The summed E-state index contributed by atoms with van der Waals surface area (Å²) in [7, 11) is 3.30. The Kier molecular flexibility index (Phi) is 5.99. The van der Waals surface area contributed by atoms with Crippen LogP contribution in [0.2, 0.25) is 0 Å². The second-order valence-corrected chi connectivity index (χ2v) is 8.44. The summed E-state index contributed by atoms with van der Waals surface area (Å²) in [6.07, 6.45) is 2.58. The standard InChI is InChI=1S/C28H27NO5/c1-18-27-21(16-29(17-33-27)13-12-19-8-4-6-10-23(19)31-2)14-22-26(30)25(34-28(18)22)15-20-9-5-7-11-24(20)32-3/h4-11,14-15H,12-13,16-17H2,1-3H3/b25-15-. The minimum atomic E-state index is -0.127. The lowest BCUT2D eigenvalue weighted by Gasteiger charge is -2.30. The van der Waals surface area contributed by atoms with Crippen LogP contribution in [0.1, 0.15) is 32.6 Å². The van der Waals surface area contributed by atoms with Crippen LogP contribution in [0.5, 0.6) is 23.0 Å². The van der Waals surface area contributed by atoms with E-state index in [4.69, 9.17) is 18.9 Å². The number of hydrogen-bond acceptors (Lipinski definition) is 6. The number of benzene rings is 3. The average molecular weight is 458 g/mol. The Hall–Kier alpha value is -3.77. The number of ether oxygens (including phenoxy) is 4. The number of methoxy groups -OCH3 is 2. The van der Waals surface area contributed by atoms with Gasteiger partial charge in [-0.25, -0.2) is 0 Å². The van der Waals surface area contributed by atoms with Crippen LogP contribution >= 0.6 is 0 Å². The van der Waals surface area contributed by atoms with Crippen LogP contribution in [0.3, 0.4) is 0 Å². The maximum Gasteiger partial charge on any atom is 0.231 e. The zero-order chi connectivity index (χ0) is 23.7. The molecule has 6 nitrogen and oxygen atoms in total. The molecule has 0 amide bonds. The highest BCUT2D eigenvalue weighted by molar-refractivity contribution is 6.15. The first-order valence-corrected chi connectivity index (χ1v) is 11.3. The molecule has 34 heavy (non-hydrogen) atoms.